The van der Waals surface area contributed by atoms with Crippen molar-refractivity contribution in [1.29, 1.82) is 0 Å². The third kappa shape index (κ3) is 4.87. The molecule has 0 heterocycles. The normalized spacial score (nSPS) is 12.2. The first-order valence-electron chi connectivity index (χ1n) is 5.81. The van der Waals surface area contributed by atoms with Crippen LogP contribution in [0.3, 0.4) is 0 Å². The highest BCUT2D eigenvalue weighted by Gasteiger charge is 2.03. The van der Waals surface area contributed by atoms with Gasteiger partial charge in [0, 0.05) is 12.5 Å². The van der Waals surface area contributed by atoms with Crippen LogP contribution >= 0.6 is 0 Å². The van der Waals surface area contributed by atoms with Gasteiger partial charge in [0.05, 0.1) is 6.26 Å². The molecule has 0 spiro atoms. The number of hydrogen-bond donors (Lipinski definition) is 0. The Balaban J connectivity index is 2.53. The van der Waals surface area contributed by atoms with Crippen molar-refractivity contribution in [3.8, 4) is 0 Å². The van der Waals surface area contributed by atoms with Crippen molar-refractivity contribution in [3.63, 3.8) is 0 Å². The minimum absolute atomic E-state index is 0.334. The Morgan fingerprint density at radius 2 is 1.89 bits per heavy atom. The Labute approximate surface area is 108 Å². The van der Waals surface area contributed by atoms with E-state index in [0.29, 0.717) is 12.4 Å². The van der Waals surface area contributed by atoms with E-state index in [2.05, 4.69) is 0 Å². The first-order valence-corrected chi connectivity index (χ1v) is 5.81. The second-order valence-corrected chi connectivity index (χ2v) is 3.84. The maximum absolute atomic E-state index is 10.9. The van der Waals surface area contributed by atoms with E-state index in [1.165, 1.54) is 6.92 Å². The summed E-state index contributed by atoms with van der Waals surface area (Å²) in [6, 6.07) is 9.87. The van der Waals surface area contributed by atoms with E-state index in [0.717, 1.165) is 11.1 Å². The maximum atomic E-state index is 10.9. The van der Waals surface area contributed by atoms with Gasteiger partial charge in [-0.2, -0.15) is 0 Å². The number of carbonyl (C=O) groups is 1. The van der Waals surface area contributed by atoms with Crippen LogP contribution in [-0.4, -0.2) is 5.97 Å². The number of allylic oxidation sites excluding steroid dienone is 2. The predicted molar refractivity (Wildman–Crippen MR) is 70.5 cm³/mol. The third-order valence-corrected chi connectivity index (χ3v) is 2.26. The highest BCUT2D eigenvalue weighted by atomic mass is 16.5. The number of carbonyl (C=O) groups excluding carboxylic acids is 1. The van der Waals surface area contributed by atoms with Crippen LogP contribution in [0.1, 0.15) is 26.3 Å². The van der Waals surface area contributed by atoms with E-state index < -0.39 is 0 Å². The molecule has 18 heavy (non-hydrogen) atoms. The van der Waals surface area contributed by atoms with Gasteiger partial charge in [0.1, 0.15) is 12.4 Å². The van der Waals surface area contributed by atoms with E-state index in [-0.39, 0.29) is 5.97 Å². The van der Waals surface area contributed by atoms with Gasteiger partial charge in [-0.25, -0.2) is 0 Å². The van der Waals surface area contributed by atoms with Gasteiger partial charge in [-0.1, -0.05) is 30.3 Å². The maximum Gasteiger partial charge on any atom is 0.308 e. The van der Waals surface area contributed by atoms with Crippen LogP contribution in [0.5, 0.6) is 0 Å². The molecule has 0 N–H and O–H groups in total. The fourth-order valence-electron chi connectivity index (χ4n) is 1.42. The van der Waals surface area contributed by atoms with Crippen molar-refractivity contribution in [3.05, 3.63) is 59.6 Å². The second-order valence-electron chi connectivity index (χ2n) is 3.84. The van der Waals surface area contributed by atoms with Crippen LogP contribution < -0.4 is 0 Å². The SMILES string of the molecule is C/C=C(OC(C)=O)/C(C)=C/OCc1ccccc1. The molecule has 1 aromatic rings. The van der Waals surface area contributed by atoms with Gasteiger partial charge in [-0.05, 0) is 25.5 Å². The second kappa shape index (κ2) is 7.33. The molecule has 0 aliphatic rings. The molecule has 0 aliphatic carbocycles. The quantitative estimate of drug-likeness (QED) is 0.452. The first-order chi connectivity index (χ1) is 8.63. The Morgan fingerprint density at radius 1 is 1.22 bits per heavy atom. The smallest absolute Gasteiger partial charge is 0.308 e. The van der Waals surface area contributed by atoms with Crippen molar-refractivity contribution in [2.24, 2.45) is 0 Å². The van der Waals surface area contributed by atoms with Gasteiger partial charge in [0.15, 0.2) is 0 Å². The van der Waals surface area contributed by atoms with E-state index in [4.69, 9.17) is 9.47 Å². The lowest BCUT2D eigenvalue weighted by Crippen LogP contribution is -2.00. The molecule has 0 radical (unpaired) electrons. The number of hydrogen-bond acceptors (Lipinski definition) is 3. The highest BCUT2D eigenvalue weighted by molar-refractivity contribution is 5.68. The van der Waals surface area contributed by atoms with Crippen molar-refractivity contribution in [2.45, 2.75) is 27.4 Å². The van der Waals surface area contributed by atoms with Crippen LogP contribution in [0.15, 0.2) is 54.0 Å². The summed E-state index contributed by atoms with van der Waals surface area (Å²) in [4.78, 5) is 10.9. The van der Waals surface area contributed by atoms with Crippen molar-refractivity contribution in [2.75, 3.05) is 0 Å². The number of ether oxygens (including phenoxy) is 2. The Bertz CT molecular complexity index is 444. The number of rotatable bonds is 5. The van der Waals surface area contributed by atoms with E-state index in [1.54, 1.807) is 12.3 Å². The average Bonchev–Trinajstić information content (AvgIpc) is 2.36. The van der Waals surface area contributed by atoms with Crippen LogP contribution in [0.25, 0.3) is 0 Å². The summed E-state index contributed by atoms with van der Waals surface area (Å²) >= 11 is 0. The molecule has 0 fully saturated rings. The molecule has 0 saturated heterocycles. The molecule has 0 atom stereocenters. The van der Waals surface area contributed by atoms with Gasteiger partial charge in [-0.3, -0.25) is 4.79 Å². The molecule has 0 aromatic heterocycles. The van der Waals surface area contributed by atoms with E-state index in [9.17, 15) is 4.79 Å². The molecule has 1 aromatic carbocycles. The summed E-state index contributed by atoms with van der Waals surface area (Å²) in [5.41, 5.74) is 1.87. The molecule has 0 bridgehead atoms. The third-order valence-electron chi connectivity index (χ3n) is 2.26. The minimum atomic E-state index is -0.334. The van der Waals surface area contributed by atoms with Crippen molar-refractivity contribution >= 4 is 5.97 Å². The van der Waals surface area contributed by atoms with Crippen LogP contribution in [0.4, 0.5) is 0 Å². The molecule has 0 saturated carbocycles. The fourth-order valence-corrected chi connectivity index (χ4v) is 1.42. The van der Waals surface area contributed by atoms with Crippen molar-refractivity contribution < 1.29 is 14.3 Å². The Kier molecular flexibility index (Phi) is 5.71. The summed E-state index contributed by atoms with van der Waals surface area (Å²) in [6.07, 6.45) is 3.34. The van der Waals surface area contributed by atoms with E-state index >= 15 is 0 Å². The average molecular weight is 246 g/mol. The number of benzene rings is 1. The predicted octanol–water partition coefficient (Wildman–Crippen LogP) is 3.57. The standard InChI is InChI=1S/C15H18O3/c1-4-15(18-13(3)16)12(2)10-17-11-14-8-6-5-7-9-14/h4-10H,11H2,1-3H3/b12-10+,15-4-. The zero-order valence-corrected chi connectivity index (χ0v) is 11.0. The molecule has 1 rings (SSSR count). The molecular formula is C15H18O3. The zero-order chi connectivity index (χ0) is 13.4. The van der Waals surface area contributed by atoms with Crippen LogP contribution in [-0.2, 0) is 20.9 Å². The van der Waals surface area contributed by atoms with Gasteiger partial charge in [0.25, 0.3) is 0 Å². The minimum Gasteiger partial charge on any atom is -0.496 e. The van der Waals surface area contributed by atoms with Crippen LogP contribution in [0, 0.1) is 0 Å². The molecule has 96 valence electrons. The highest BCUT2D eigenvalue weighted by Crippen LogP contribution is 2.12. The molecule has 0 amide bonds. The van der Waals surface area contributed by atoms with Gasteiger partial charge in [-0.15, -0.1) is 0 Å². The largest absolute Gasteiger partial charge is 0.496 e. The summed E-state index contributed by atoms with van der Waals surface area (Å²) in [5, 5.41) is 0. The first kappa shape index (κ1) is 14.0. The molecule has 3 nitrogen and oxygen atoms in total. The Hall–Kier alpha value is -2.03. The van der Waals surface area contributed by atoms with Crippen LogP contribution in [0.2, 0.25) is 0 Å². The lowest BCUT2D eigenvalue weighted by atomic mass is 10.2. The number of esters is 1. The van der Waals surface area contributed by atoms with Gasteiger partial charge in [0.2, 0.25) is 0 Å². The summed E-state index contributed by atoms with van der Waals surface area (Å²) < 4.78 is 10.5. The lowest BCUT2D eigenvalue weighted by molar-refractivity contribution is -0.136. The molecular weight excluding hydrogens is 228 g/mol. The molecule has 0 aliphatic heterocycles. The van der Waals surface area contributed by atoms with Gasteiger partial charge >= 0.3 is 5.97 Å². The summed E-state index contributed by atoms with van der Waals surface area (Å²) in [6.45, 7) is 5.52. The summed E-state index contributed by atoms with van der Waals surface area (Å²) in [5.74, 6) is 0.189. The van der Waals surface area contributed by atoms with E-state index in [1.807, 2.05) is 44.2 Å². The fraction of sp³-hybridized carbons (Fsp3) is 0.267. The molecule has 0 unspecified atom stereocenters. The summed E-state index contributed by atoms with van der Waals surface area (Å²) in [7, 11) is 0. The topological polar surface area (TPSA) is 35.5 Å². The zero-order valence-electron chi connectivity index (χ0n) is 11.0. The lowest BCUT2D eigenvalue weighted by Gasteiger charge is -2.07. The Morgan fingerprint density at radius 3 is 2.44 bits per heavy atom. The van der Waals surface area contributed by atoms with Crippen molar-refractivity contribution in [1.82, 2.24) is 0 Å². The van der Waals surface area contributed by atoms with Gasteiger partial charge < -0.3 is 9.47 Å². The molecule has 3 heteroatoms. The monoisotopic (exact) mass is 246 g/mol.